The van der Waals surface area contributed by atoms with E-state index in [9.17, 15) is 5.11 Å². The van der Waals surface area contributed by atoms with Crippen LogP contribution in [0, 0.1) is 0 Å². The Morgan fingerprint density at radius 3 is 2.25 bits per heavy atom. The Morgan fingerprint density at radius 2 is 1.81 bits per heavy atom. The molecule has 0 aliphatic rings. The molecule has 0 fully saturated rings. The van der Waals surface area contributed by atoms with Gasteiger partial charge in [-0.05, 0) is 19.1 Å². The normalized spacial score (nSPS) is 8.44. The summed E-state index contributed by atoms with van der Waals surface area (Å²) in [6.07, 6.45) is 1.68. The molecule has 2 N–H and O–H groups in total. The Bertz CT molecular complexity index is 298. The predicted octanol–water partition coefficient (Wildman–Crippen LogP) is 2.56. The Hall–Kier alpha value is -1.84. The molecule has 0 atom stereocenters. The molecule has 1 aromatic carbocycles. The summed E-state index contributed by atoms with van der Waals surface area (Å²) in [7, 11) is 0. The fourth-order valence-corrected chi connectivity index (χ4v) is 0.786. The monoisotopic (exact) mass is 225 g/mol. The van der Waals surface area contributed by atoms with Crippen LogP contribution in [0.2, 0.25) is 0 Å². The third-order valence-electron chi connectivity index (χ3n) is 1.35. The fourth-order valence-electron chi connectivity index (χ4n) is 0.786. The smallest absolute Gasteiger partial charge is 0.290 e. The van der Waals surface area contributed by atoms with Crippen LogP contribution in [0.1, 0.15) is 26.3 Å². The van der Waals surface area contributed by atoms with Gasteiger partial charge in [0.1, 0.15) is 5.75 Å². The zero-order chi connectivity index (χ0) is 12.8. The largest absolute Gasteiger partial charge is 0.507 e. The lowest BCUT2D eigenvalue weighted by molar-refractivity contribution is -0.122. The quantitative estimate of drug-likeness (QED) is 0.600. The number of carbonyl (C=O) groups is 1. The van der Waals surface area contributed by atoms with Crippen molar-refractivity contribution in [2.45, 2.75) is 20.8 Å². The molecule has 1 rings (SSSR count). The van der Waals surface area contributed by atoms with Crippen LogP contribution >= 0.6 is 0 Å². The minimum absolute atomic E-state index is 0.250. The van der Waals surface area contributed by atoms with Gasteiger partial charge in [-0.3, -0.25) is 9.79 Å². The third kappa shape index (κ3) is 8.74. The predicted molar refractivity (Wildman–Crippen MR) is 66.3 cm³/mol. The van der Waals surface area contributed by atoms with Gasteiger partial charge in [-0.25, -0.2) is 0 Å². The van der Waals surface area contributed by atoms with Crippen LogP contribution in [-0.4, -0.2) is 29.4 Å². The maximum Gasteiger partial charge on any atom is 0.290 e. The van der Waals surface area contributed by atoms with E-state index >= 15 is 0 Å². The molecule has 4 heteroatoms. The Morgan fingerprint density at radius 1 is 1.31 bits per heavy atom. The molecule has 0 spiro atoms. The van der Waals surface area contributed by atoms with Crippen molar-refractivity contribution in [3.05, 3.63) is 29.8 Å². The van der Waals surface area contributed by atoms with Gasteiger partial charge in [0, 0.05) is 18.3 Å². The van der Waals surface area contributed by atoms with Crippen LogP contribution < -0.4 is 0 Å². The maximum atomic E-state index is 9.25. The second-order valence-corrected chi connectivity index (χ2v) is 2.29. The maximum absolute atomic E-state index is 9.25. The molecule has 0 heterocycles. The lowest BCUT2D eigenvalue weighted by atomic mass is 10.2. The number of rotatable bonds is 2. The second-order valence-electron chi connectivity index (χ2n) is 2.29. The first-order valence-electron chi connectivity index (χ1n) is 5.12. The summed E-state index contributed by atoms with van der Waals surface area (Å²) in [6, 6.07) is 7.14. The zero-order valence-electron chi connectivity index (χ0n) is 9.92. The van der Waals surface area contributed by atoms with Gasteiger partial charge < -0.3 is 10.2 Å². The van der Waals surface area contributed by atoms with E-state index in [2.05, 4.69) is 4.99 Å². The van der Waals surface area contributed by atoms with E-state index in [0.29, 0.717) is 0 Å². The minimum atomic E-state index is -0.250. The standard InChI is InChI=1S/C9H11NO.C2H6.CH2O2/c1-2-10-7-8-5-3-4-6-9(8)11;1-2;2-1-3/h3-7,11H,2H2,1H3;1-2H3;1H,(H,2,3). The van der Waals surface area contributed by atoms with Crippen molar-refractivity contribution in [1.82, 2.24) is 0 Å². The van der Waals surface area contributed by atoms with Crippen molar-refractivity contribution in [2.24, 2.45) is 4.99 Å². The molecule has 1 aromatic rings. The van der Waals surface area contributed by atoms with E-state index < -0.39 is 0 Å². The van der Waals surface area contributed by atoms with Crippen LogP contribution in [-0.2, 0) is 4.79 Å². The van der Waals surface area contributed by atoms with E-state index in [-0.39, 0.29) is 12.2 Å². The average molecular weight is 225 g/mol. The number of aromatic hydroxyl groups is 1. The van der Waals surface area contributed by atoms with Crippen molar-refractivity contribution in [3.63, 3.8) is 0 Å². The molecule has 16 heavy (non-hydrogen) atoms. The summed E-state index contributed by atoms with van der Waals surface area (Å²) in [5, 5.41) is 16.1. The van der Waals surface area contributed by atoms with Gasteiger partial charge in [-0.2, -0.15) is 0 Å². The number of benzene rings is 1. The number of hydrogen-bond acceptors (Lipinski definition) is 3. The van der Waals surface area contributed by atoms with Crippen molar-refractivity contribution in [2.75, 3.05) is 6.54 Å². The molecule has 90 valence electrons. The van der Waals surface area contributed by atoms with Gasteiger partial charge in [0.2, 0.25) is 0 Å². The molecule has 0 aliphatic carbocycles. The SMILES string of the molecule is CC.CCN=Cc1ccccc1O.O=CO. The molecule has 0 saturated heterocycles. The van der Waals surface area contributed by atoms with Gasteiger partial charge in [0.25, 0.3) is 6.47 Å². The van der Waals surface area contributed by atoms with Crippen molar-refractivity contribution < 1.29 is 15.0 Å². The topological polar surface area (TPSA) is 69.9 Å². The van der Waals surface area contributed by atoms with E-state index in [1.807, 2.05) is 32.9 Å². The first-order valence-corrected chi connectivity index (χ1v) is 5.12. The number of hydrogen-bond donors (Lipinski definition) is 2. The van der Waals surface area contributed by atoms with Crippen LogP contribution in [0.3, 0.4) is 0 Å². The Labute approximate surface area is 96.3 Å². The minimum Gasteiger partial charge on any atom is -0.507 e. The Balaban J connectivity index is 0. The lowest BCUT2D eigenvalue weighted by Gasteiger charge is -1.94. The van der Waals surface area contributed by atoms with Crippen molar-refractivity contribution in [1.29, 1.82) is 0 Å². The summed E-state index contributed by atoms with van der Waals surface area (Å²) in [5.41, 5.74) is 0.773. The highest BCUT2D eigenvalue weighted by atomic mass is 16.3. The second kappa shape index (κ2) is 13.2. The molecule has 0 saturated carbocycles. The number of para-hydroxylation sites is 1. The molecular weight excluding hydrogens is 206 g/mol. The number of nitrogens with zero attached hydrogens (tertiary/aromatic N) is 1. The van der Waals surface area contributed by atoms with E-state index in [0.717, 1.165) is 12.1 Å². The summed E-state index contributed by atoms with van der Waals surface area (Å²) in [4.78, 5) is 12.4. The molecule has 0 aliphatic heterocycles. The number of phenols is 1. The summed E-state index contributed by atoms with van der Waals surface area (Å²) >= 11 is 0. The molecular formula is C12H19NO3. The average Bonchev–Trinajstić information content (AvgIpc) is 2.32. The third-order valence-corrected chi connectivity index (χ3v) is 1.35. The molecule has 0 amide bonds. The molecule has 4 nitrogen and oxygen atoms in total. The number of phenolic OH excluding ortho intramolecular Hbond substituents is 1. The van der Waals surface area contributed by atoms with Gasteiger partial charge in [0.05, 0.1) is 0 Å². The lowest BCUT2D eigenvalue weighted by Crippen LogP contribution is -1.81. The molecule has 0 radical (unpaired) electrons. The van der Waals surface area contributed by atoms with E-state index in [4.69, 9.17) is 9.90 Å². The summed E-state index contributed by atoms with van der Waals surface area (Å²) < 4.78 is 0. The molecule has 0 aromatic heterocycles. The highest BCUT2D eigenvalue weighted by Gasteiger charge is 1.92. The van der Waals surface area contributed by atoms with Crippen LogP contribution in [0.15, 0.2) is 29.3 Å². The van der Waals surface area contributed by atoms with Crippen molar-refractivity contribution in [3.8, 4) is 5.75 Å². The van der Waals surface area contributed by atoms with Gasteiger partial charge in [0.15, 0.2) is 0 Å². The van der Waals surface area contributed by atoms with Crippen molar-refractivity contribution >= 4 is 12.7 Å². The highest BCUT2D eigenvalue weighted by molar-refractivity contribution is 5.83. The summed E-state index contributed by atoms with van der Waals surface area (Å²) in [5.74, 6) is 0.282. The van der Waals surface area contributed by atoms with E-state index in [1.165, 1.54) is 0 Å². The molecule has 0 bridgehead atoms. The van der Waals surface area contributed by atoms with Gasteiger partial charge in [-0.1, -0.05) is 26.0 Å². The summed E-state index contributed by atoms with van der Waals surface area (Å²) in [6.45, 7) is 6.45. The van der Waals surface area contributed by atoms with Crippen LogP contribution in [0.25, 0.3) is 0 Å². The zero-order valence-corrected chi connectivity index (χ0v) is 9.92. The fraction of sp³-hybridized carbons (Fsp3) is 0.333. The number of carboxylic acid groups (broad SMARTS) is 1. The number of aliphatic imine (C=N–C) groups is 1. The van der Waals surface area contributed by atoms with Crippen LogP contribution in [0.5, 0.6) is 5.75 Å². The molecule has 0 unspecified atom stereocenters. The van der Waals surface area contributed by atoms with E-state index in [1.54, 1.807) is 18.3 Å². The highest BCUT2D eigenvalue weighted by Crippen LogP contribution is 2.12. The Kier molecular flexibility index (Phi) is 13.6. The van der Waals surface area contributed by atoms with Crippen LogP contribution in [0.4, 0.5) is 0 Å². The first-order chi connectivity index (χ1) is 7.76. The van der Waals surface area contributed by atoms with Gasteiger partial charge in [-0.15, -0.1) is 0 Å². The first kappa shape index (κ1) is 16.6. The van der Waals surface area contributed by atoms with Gasteiger partial charge >= 0.3 is 0 Å².